The number of likely N-dealkylation sites (tertiary alicyclic amines) is 1. The van der Waals surface area contributed by atoms with Crippen molar-refractivity contribution in [3.8, 4) is 23.0 Å². The number of carbonyl (C=O) groups excluding carboxylic acids is 2. The Bertz CT molecular complexity index is 1430. The van der Waals surface area contributed by atoms with Gasteiger partial charge in [0.1, 0.15) is 28.8 Å². The highest BCUT2D eigenvalue weighted by Crippen LogP contribution is 2.31. The van der Waals surface area contributed by atoms with Crippen molar-refractivity contribution >= 4 is 23.8 Å². The third-order valence-corrected chi connectivity index (χ3v) is 5.93. The van der Waals surface area contributed by atoms with E-state index in [1.165, 1.54) is 19.5 Å². The summed E-state index contributed by atoms with van der Waals surface area (Å²) < 4.78 is 23.8. The van der Waals surface area contributed by atoms with Gasteiger partial charge in [0.05, 0.1) is 31.6 Å². The molecule has 1 fully saturated rings. The van der Waals surface area contributed by atoms with Crippen LogP contribution in [-0.2, 0) is 9.47 Å². The lowest BCUT2D eigenvalue weighted by atomic mass is 10.1. The SMILES string of the molecule is COc1nc(C)ccc1-c1cc(Nc2cncc(OC3CCCN(C(=O)OC(C)(C)C)C3)n2)n(C(=O)OC(C)(C)C)n1. The number of methoxy groups -OCH3 is 1. The van der Waals surface area contributed by atoms with Gasteiger partial charge in [0.25, 0.3) is 0 Å². The molecular formula is C29H39N7O6. The minimum atomic E-state index is -0.746. The lowest BCUT2D eigenvalue weighted by Gasteiger charge is -2.33. The average Bonchev–Trinajstić information content (AvgIpc) is 3.30. The van der Waals surface area contributed by atoms with Crippen molar-refractivity contribution in [2.75, 3.05) is 25.5 Å². The molecule has 4 rings (SSSR count). The zero-order valence-corrected chi connectivity index (χ0v) is 25.4. The summed E-state index contributed by atoms with van der Waals surface area (Å²) in [7, 11) is 1.52. The fraction of sp³-hybridized carbons (Fsp3) is 0.517. The van der Waals surface area contributed by atoms with Crippen molar-refractivity contribution in [3.63, 3.8) is 0 Å². The van der Waals surface area contributed by atoms with Crippen LogP contribution in [0.3, 0.4) is 0 Å². The molecule has 1 aliphatic heterocycles. The number of pyridine rings is 1. The number of amides is 1. The molecule has 1 saturated heterocycles. The molecule has 0 radical (unpaired) electrons. The number of carbonyl (C=O) groups is 2. The first kappa shape index (κ1) is 30.5. The van der Waals surface area contributed by atoms with Crippen LogP contribution in [-0.4, -0.2) is 79.3 Å². The summed E-state index contributed by atoms with van der Waals surface area (Å²) in [4.78, 5) is 40.5. The van der Waals surface area contributed by atoms with Gasteiger partial charge in [0, 0.05) is 18.3 Å². The maximum absolute atomic E-state index is 13.1. The Labute approximate surface area is 245 Å². The van der Waals surface area contributed by atoms with Gasteiger partial charge in [-0.3, -0.25) is 4.98 Å². The van der Waals surface area contributed by atoms with E-state index < -0.39 is 17.3 Å². The maximum Gasteiger partial charge on any atom is 0.437 e. The predicted octanol–water partition coefficient (Wildman–Crippen LogP) is 5.36. The number of aryl methyl sites for hydroxylation is 1. The fourth-order valence-corrected chi connectivity index (χ4v) is 4.22. The third-order valence-electron chi connectivity index (χ3n) is 5.93. The molecule has 0 aliphatic carbocycles. The smallest absolute Gasteiger partial charge is 0.437 e. The Morgan fingerprint density at radius 1 is 1.00 bits per heavy atom. The number of hydrogen-bond acceptors (Lipinski definition) is 11. The van der Waals surface area contributed by atoms with E-state index in [9.17, 15) is 9.59 Å². The molecule has 0 bridgehead atoms. The van der Waals surface area contributed by atoms with Gasteiger partial charge in [-0.15, -0.1) is 4.68 Å². The van der Waals surface area contributed by atoms with Gasteiger partial charge in [-0.2, -0.15) is 10.1 Å². The van der Waals surface area contributed by atoms with Gasteiger partial charge in [-0.1, -0.05) is 0 Å². The zero-order valence-electron chi connectivity index (χ0n) is 25.4. The lowest BCUT2D eigenvalue weighted by molar-refractivity contribution is 0.00717. The van der Waals surface area contributed by atoms with E-state index in [0.29, 0.717) is 41.9 Å². The highest BCUT2D eigenvalue weighted by molar-refractivity contribution is 5.79. The molecule has 1 amide bonds. The van der Waals surface area contributed by atoms with E-state index in [2.05, 4.69) is 25.4 Å². The first-order valence-corrected chi connectivity index (χ1v) is 13.8. The molecule has 13 nitrogen and oxygen atoms in total. The molecule has 1 N–H and O–H groups in total. The molecule has 4 heterocycles. The van der Waals surface area contributed by atoms with E-state index in [-0.39, 0.29) is 18.1 Å². The molecule has 13 heteroatoms. The van der Waals surface area contributed by atoms with Gasteiger partial charge < -0.3 is 29.2 Å². The number of hydrogen-bond donors (Lipinski definition) is 1. The second kappa shape index (κ2) is 12.2. The Hall–Kier alpha value is -4.42. The van der Waals surface area contributed by atoms with E-state index in [4.69, 9.17) is 18.9 Å². The van der Waals surface area contributed by atoms with Crippen LogP contribution in [0.5, 0.6) is 11.8 Å². The van der Waals surface area contributed by atoms with Gasteiger partial charge in [0.2, 0.25) is 11.8 Å². The number of aromatic nitrogens is 5. The quantitative estimate of drug-likeness (QED) is 0.402. The largest absolute Gasteiger partial charge is 0.480 e. The molecular weight excluding hydrogens is 542 g/mol. The van der Waals surface area contributed by atoms with Gasteiger partial charge >= 0.3 is 12.2 Å². The topological polar surface area (TPSA) is 143 Å². The predicted molar refractivity (Wildman–Crippen MR) is 155 cm³/mol. The standard InChI is InChI=1S/C29H39N7O6/c1-18-11-12-20(25(31-18)39-8)21-14-23(36(34-21)27(38)42-29(5,6)7)32-22-15-30-16-24(33-22)40-19-10-9-13-35(17-19)26(37)41-28(2,3)4/h11-12,14-16,19H,9-10,13,17H2,1-8H3,(H,32,33). The lowest BCUT2D eigenvalue weighted by Crippen LogP contribution is -2.46. The molecule has 1 atom stereocenters. The Morgan fingerprint density at radius 2 is 1.71 bits per heavy atom. The van der Waals surface area contributed by atoms with Crippen LogP contribution in [0.25, 0.3) is 11.3 Å². The second-order valence-electron chi connectivity index (χ2n) is 12.0. The molecule has 1 aliphatic rings. The van der Waals surface area contributed by atoms with Crippen LogP contribution in [0.15, 0.2) is 30.6 Å². The van der Waals surface area contributed by atoms with E-state index >= 15 is 0 Å². The highest BCUT2D eigenvalue weighted by atomic mass is 16.6. The third kappa shape index (κ3) is 8.08. The summed E-state index contributed by atoms with van der Waals surface area (Å²) in [5.74, 6) is 1.25. The summed E-state index contributed by atoms with van der Waals surface area (Å²) in [5, 5.41) is 7.60. The van der Waals surface area contributed by atoms with Crippen LogP contribution < -0.4 is 14.8 Å². The van der Waals surface area contributed by atoms with Gasteiger partial charge in [-0.25, -0.2) is 14.6 Å². The Kier molecular flexibility index (Phi) is 8.88. The van der Waals surface area contributed by atoms with Crippen molar-refractivity contribution in [2.24, 2.45) is 0 Å². The molecule has 0 spiro atoms. The zero-order chi connectivity index (χ0) is 30.7. The number of rotatable bonds is 6. The summed E-state index contributed by atoms with van der Waals surface area (Å²) in [5.41, 5.74) is 0.494. The van der Waals surface area contributed by atoms with Gasteiger partial charge in [0.15, 0.2) is 5.82 Å². The van der Waals surface area contributed by atoms with Crippen LogP contribution in [0.1, 0.15) is 60.1 Å². The van der Waals surface area contributed by atoms with Crippen LogP contribution >= 0.6 is 0 Å². The average molecular weight is 582 g/mol. The molecule has 0 saturated carbocycles. The minimum absolute atomic E-state index is 0.268. The van der Waals surface area contributed by atoms with Crippen molar-refractivity contribution in [2.45, 2.75) is 78.6 Å². The van der Waals surface area contributed by atoms with Crippen LogP contribution in [0, 0.1) is 6.92 Å². The summed E-state index contributed by atoms with van der Waals surface area (Å²) in [6, 6.07) is 5.33. The number of piperidine rings is 1. The minimum Gasteiger partial charge on any atom is -0.480 e. The number of nitrogens with zero attached hydrogens (tertiary/aromatic N) is 6. The fourth-order valence-electron chi connectivity index (χ4n) is 4.22. The van der Waals surface area contributed by atoms with E-state index in [1.54, 1.807) is 31.7 Å². The van der Waals surface area contributed by atoms with Crippen molar-refractivity contribution in [1.82, 2.24) is 29.6 Å². The first-order chi connectivity index (χ1) is 19.7. The molecule has 3 aromatic rings. The second-order valence-corrected chi connectivity index (χ2v) is 12.0. The molecule has 226 valence electrons. The Morgan fingerprint density at radius 3 is 2.40 bits per heavy atom. The normalized spacial score (nSPS) is 15.6. The van der Waals surface area contributed by atoms with E-state index in [1.807, 2.05) is 39.8 Å². The maximum atomic E-state index is 13.1. The van der Waals surface area contributed by atoms with Gasteiger partial charge in [-0.05, 0) is 73.4 Å². The van der Waals surface area contributed by atoms with Crippen LogP contribution in [0.4, 0.5) is 21.2 Å². The number of ether oxygens (including phenoxy) is 4. The summed E-state index contributed by atoms with van der Waals surface area (Å²) >= 11 is 0. The monoisotopic (exact) mass is 581 g/mol. The van der Waals surface area contributed by atoms with Crippen molar-refractivity contribution < 1.29 is 28.5 Å². The molecule has 1 unspecified atom stereocenters. The van der Waals surface area contributed by atoms with Crippen molar-refractivity contribution in [1.29, 1.82) is 0 Å². The van der Waals surface area contributed by atoms with Crippen LogP contribution in [0.2, 0.25) is 0 Å². The molecule has 0 aromatic carbocycles. The molecule has 3 aromatic heterocycles. The Balaban J connectivity index is 1.56. The van der Waals surface area contributed by atoms with E-state index in [0.717, 1.165) is 23.2 Å². The summed E-state index contributed by atoms with van der Waals surface area (Å²) in [6.45, 7) is 13.7. The number of nitrogens with one attached hydrogen (secondary N) is 1. The van der Waals surface area contributed by atoms with Crippen molar-refractivity contribution in [3.05, 3.63) is 36.3 Å². The highest BCUT2D eigenvalue weighted by Gasteiger charge is 2.29. The number of anilines is 2. The first-order valence-electron chi connectivity index (χ1n) is 13.8. The molecule has 42 heavy (non-hydrogen) atoms. The summed E-state index contributed by atoms with van der Waals surface area (Å²) in [6.07, 6.45) is 3.18.